The van der Waals surface area contributed by atoms with Crippen LogP contribution in [0.1, 0.15) is 43.6 Å². The number of benzene rings is 2. The van der Waals surface area contributed by atoms with Crippen LogP contribution in [0.2, 0.25) is 0 Å². The smallest absolute Gasteiger partial charge is 0 e. The predicted molar refractivity (Wildman–Crippen MR) is 192 cm³/mol. The molecule has 0 fully saturated rings. The second-order valence-electron chi connectivity index (χ2n) is 6.56. The van der Waals surface area contributed by atoms with Gasteiger partial charge in [-0.2, -0.15) is 48.5 Å². The minimum atomic E-state index is -0.422. The molecule has 2 aromatic carbocycles. The molecule has 0 aliphatic carbocycles. The number of nitrogens with one attached hydrogen (secondary N) is 1. The van der Waals surface area contributed by atoms with Gasteiger partial charge in [-0.25, -0.2) is 0 Å². The first kappa shape index (κ1) is 49.4. The number of hydrogen-bond donors (Lipinski definition) is 2. The number of aromatic nitrogens is 4. The maximum atomic E-state index is 11.8. The summed E-state index contributed by atoms with van der Waals surface area (Å²) >= 11 is 14.2. The Hall–Kier alpha value is 1.56. The van der Waals surface area contributed by atoms with Crippen molar-refractivity contribution < 1.29 is 70.0 Å². The Balaban J connectivity index is -0.000000238. The maximum Gasteiger partial charge on any atom is 0 e. The van der Waals surface area contributed by atoms with Crippen LogP contribution in [0, 0.1) is 39.8 Å². The predicted octanol–water partition coefficient (Wildman–Crippen LogP) is 8.03. The van der Waals surface area contributed by atoms with E-state index >= 15 is 0 Å². The molecule has 1 amide bonds. The maximum absolute atomic E-state index is 11.8. The van der Waals surface area contributed by atoms with Gasteiger partial charge in [-0.1, -0.05) is 46.8 Å². The number of anilines is 2. The van der Waals surface area contributed by atoms with Crippen molar-refractivity contribution in [3.63, 3.8) is 0 Å². The summed E-state index contributed by atoms with van der Waals surface area (Å²) in [6.45, 7) is 7.03. The molecule has 10 nitrogen and oxygen atoms in total. The SMILES string of the molecule is Cc1cc[c-]cc1C(=O)Cl.Cc1nnc(N)o1.Cc1nnc(NC(=O)c2c[c-]ccc2C)o1.I.II.[I][V][I].[W].[W]. The third-order valence-electron chi connectivity index (χ3n) is 3.91. The molecule has 0 atom stereocenters. The molecule has 225 valence electrons. The molecule has 19 heteroatoms. The van der Waals surface area contributed by atoms with Crippen LogP contribution in [-0.2, 0) is 51.6 Å². The van der Waals surface area contributed by atoms with Crippen LogP contribution in [-0.4, -0.2) is 31.5 Å². The van der Waals surface area contributed by atoms with Crippen molar-refractivity contribution in [3.8, 4) is 0 Å². The quantitative estimate of drug-likeness (QED) is 0.118. The van der Waals surface area contributed by atoms with Crippen molar-refractivity contribution in [2.75, 3.05) is 11.1 Å². The van der Waals surface area contributed by atoms with E-state index in [-0.39, 0.29) is 84.0 Å². The van der Waals surface area contributed by atoms with E-state index in [1.165, 1.54) is 0 Å². The Morgan fingerprint density at radius 3 is 1.61 bits per heavy atom. The summed E-state index contributed by atoms with van der Waals surface area (Å²) in [4.78, 5) is 22.4. The fourth-order valence-electron chi connectivity index (χ4n) is 2.30. The van der Waals surface area contributed by atoms with Crippen molar-refractivity contribution in [1.29, 1.82) is 0 Å². The molecule has 0 bridgehead atoms. The Morgan fingerprint density at radius 1 is 0.878 bits per heavy atom. The van der Waals surface area contributed by atoms with Gasteiger partial charge in [0.1, 0.15) is 0 Å². The van der Waals surface area contributed by atoms with Gasteiger partial charge in [-0.05, 0) is 0 Å². The molecule has 2 aromatic heterocycles. The van der Waals surface area contributed by atoms with Crippen LogP contribution in [0.15, 0.2) is 45.2 Å². The van der Waals surface area contributed by atoms with Gasteiger partial charge >= 0.3 is 61.5 Å². The van der Waals surface area contributed by atoms with E-state index in [4.69, 9.17) is 21.8 Å². The summed E-state index contributed by atoms with van der Waals surface area (Å²) in [5, 5.41) is 16.2. The van der Waals surface area contributed by atoms with Crippen molar-refractivity contribution in [2.24, 2.45) is 0 Å². The number of nitrogens with two attached hydrogens (primary N) is 1. The Morgan fingerprint density at radius 2 is 1.32 bits per heavy atom. The van der Waals surface area contributed by atoms with E-state index in [9.17, 15) is 9.59 Å². The standard InChI is InChI=1S/C11H10N3O2.C8H6ClO.C3H5N3O.I2.3HI.V.2W/c1-7-5-3-4-6-9(7)10(15)12-11-14-13-8(2)16-11;1-6-4-2-3-5-7(6)8(9)10;1-2-5-6-3(4)7-2;1-2;;;;;;/h3,5-6H,1-2H3,(H,12,14,15);2,4-5H,1H3;1H3,(H2,4,6);;3*1H;;;/q2*-1;;;;;;+2;;/p-2. The van der Waals surface area contributed by atoms with Crippen LogP contribution in [0.4, 0.5) is 12.0 Å². The first-order valence-corrected chi connectivity index (χ1v) is 25.6. The number of nitrogen functional groups attached to an aromatic ring is 1. The zero-order valence-corrected chi connectivity index (χ0v) is 40.5. The largest absolute Gasteiger partial charge is 0 e. The van der Waals surface area contributed by atoms with Crippen LogP contribution in [0.25, 0.3) is 0 Å². The van der Waals surface area contributed by atoms with Crippen molar-refractivity contribution >= 4 is 136 Å². The van der Waals surface area contributed by atoms with Crippen molar-refractivity contribution in [3.05, 3.63) is 82.6 Å². The van der Waals surface area contributed by atoms with E-state index < -0.39 is 5.24 Å². The Labute approximate surface area is 341 Å². The van der Waals surface area contributed by atoms with Crippen molar-refractivity contribution in [2.45, 2.75) is 27.7 Å². The van der Waals surface area contributed by atoms with Gasteiger partial charge in [0.15, 0.2) is 5.24 Å². The Kier molecular flexibility index (Phi) is 36.5. The number of amides is 1. The summed E-state index contributed by atoms with van der Waals surface area (Å²) in [6.07, 6.45) is 0. The molecule has 2 heterocycles. The molecule has 4 rings (SSSR count). The summed E-state index contributed by atoms with van der Waals surface area (Å²) in [6, 6.07) is 16.2. The first-order valence-electron chi connectivity index (χ1n) is 9.95. The summed E-state index contributed by atoms with van der Waals surface area (Å²) < 4.78 is 9.69. The molecule has 0 saturated carbocycles. The third-order valence-corrected chi connectivity index (χ3v) is 4.11. The van der Waals surface area contributed by atoms with Crippen molar-refractivity contribution in [1.82, 2.24) is 20.4 Å². The molecule has 0 spiro atoms. The summed E-state index contributed by atoms with van der Waals surface area (Å²) in [7, 11) is 0.628. The first-order chi connectivity index (χ1) is 18.1. The molecular weight excluding hydrogens is 1500 g/mol. The number of rotatable bonds is 3. The van der Waals surface area contributed by atoms with Gasteiger partial charge in [-0.15, -0.1) is 45.3 Å². The molecular formula is C22H22ClI5N6O4VW2-2. The van der Waals surface area contributed by atoms with E-state index in [2.05, 4.69) is 119 Å². The van der Waals surface area contributed by atoms with Crippen LogP contribution in [0.5, 0.6) is 0 Å². The van der Waals surface area contributed by atoms with Gasteiger partial charge in [-0.3, -0.25) is 14.9 Å². The van der Waals surface area contributed by atoms with Gasteiger partial charge in [0, 0.05) is 93.2 Å². The normalized spacial score (nSPS) is 8.32. The molecule has 0 saturated heterocycles. The molecule has 3 N–H and O–H groups in total. The van der Waals surface area contributed by atoms with Gasteiger partial charge in [0.05, 0.1) is 0 Å². The fraction of sp³-hybridized carbons (Fsp3) is 0.182. The minimum Gasteiger partial charge on any atom is 0 e. The molecule has 4 aromatic rings. The summed E-state index contributed by atoms with van der Waals surface area (Å²) in [5.41, 5.74) is 7.87. The van der Waals surface area contributed by atoms with Gasteiger partial charge < -0.3 is 14.6 Å². The van der Waals surface area contributed by atoms with Gasteiger partial charge in [0.25, 0.3) is 0 Å². The number of aryl methyl sites for hydroxylation is 4. The minimum absolute atomic E-state index is 0. The molecule has 0 aliphatic heterocycles. The Bertz CT molecular complexity index is 1260. The fourth-order valence-corrected chi connectivity index (χ4v) is 2.50. The van der Waals surface area contributed by atoms with E-state index in [1.807, 2.05) is 19.9 Å². The van der Waals surface area contributed by atoms with E-state index in [0.717, 1.165) is 11.1 Å². The number of carbonyl (C=O) groups excluding carboxylic acids is 2. The number of nitrogens with zero attached hydrogens (tertiary/aromatic N) is 4. The van der Waals surface area contributed by atoms with Crippen LogP contribution >= 0.6 is 113 Å². The number of halogens is 6. The van der Waals surface area contributed by atoms with E-state index in [0.29, 0.717) is 32.4 Å². The second-order valence-corrected chi connectivity index (χ2v) is 18.7. The topological polar surface area (TPSA) is 150 Å². The number of hydrogen-bond acceptors (Lipinski definition) is 9. The zero-order valence-electron chi connectivity index (χ0n) is 21.5. The summed E-state index contributed by atoms with van der Waals surface area (Å²) in [5.74, 6) is 0.627. The zero-order chi connectivity index (χ0) is 29.1. The number of carbonyl (C=O) groups is 2. The molecule has 0 aliphatic rings. The van der Waals surface area contributed by atoms with Crippen LogP contribution in [0.3, 0.4) is 0 Å². The molecule has 0 unspecified atom stereocenters. The van der Waals surface area contributed by atoms with Gasteiger partial charge in [0.2, 0.25) is 17.7 Å². The van der Waals surface area contributed by atoms with E-state index in [1.54, 1.807) is 44.2 Å². The monoisotopic (exact) mass is 1520 g/mol. The average Bonchev–Trinajstić information content (AvgIpc) is 3.48. The molecule has 41 heavy (non-hydrogen) atoms. The second kappa shape index (κ2) is 30.2. The van der Waals surface area contributed by atoms with Crippen LogP contribution < -0.4 is 11.1 Å². The average molecular weight is 1520 g/mol. The molecule has 0 radical (unpaired) electrons. The third kappa shape index (κ3) is 22.7.